The number of nitrogens with zero attached hydrogens (tertiary/aromatic N) is 1. The third-order valence-electron chi connectivity index (χ3n) is 2.92. The molecule has 2 atom stereocenters. The van der Waals surface area contributed by atoms with Crippen LogP contribution in [-0.2, 0) is 9.53 Å². The van der Waals surface area contributed by atoms with Gasteiger partial charge in [0, 0.05) is 10.2 Å². The third kappa shape index (κ3) is 2.95. The number of hydrogen-bond acceptors (Lipinski definition) is 3. The van der Waals surface area contributed by atoms with Gasteiger partial charge in [0.15, 0.2) is 0 Å². The normalized spacial score (nSPS) is 23.7. The van der Waals surface area contributed by atoms with E-state index in [4.69, 9.17) is 4.74 Å². The fraction of sp³-hybridized carbons (Fsp3) is 0.500. The highest BCUT2D eigenvalue weighted by molar-refractivity contribution is 14.1. The Labute approximate surface area is 114 Å². The number of anilines is 1. The molecule has 1 aromatic rings. The predicted octanol–water partition coefficient (Wildman–Crippen LogP) is 2.36. The van der Waals surface area contributed by atoms with Gasteiger partial charge in [0.2, 0.25) is 0 Å². The Morgan fingerprint density at radius 1 is 1.59 bits per heavy atom. The second-order valence-corrected chi connectivity index (χ2v) is 5.47. The number of halogens is 1. The summed E-state index contributed by atoms with van der Waals surface area (Å²) in [7, 11) is 0. The van der Waals surface area contributed by atoms with Crippen molar-refractivity contribution >= 4 is 34.3 Å². The molecule has 1 aliphatic rings. The van der Waals surface area contributed by atoms with Crippen LogP contribution >= 0.6 is 22.6 Å². The topological polar surface area (TPSA) is 51.2 Å². The molecule has 5 heteroatoms. The Morgan fingerprint density at radius 3 is 2.94 bits per heavy atom. The lowest BCUT2D eigenvalue weighted by Gasteiger charge is -2.14. The van der Waals surface area contributed by atoms with E-state index in [9.17, 15) is 4.79 Å². The molecule has 0 radical (unpaired) electrons. The molecule has 0 unspecified atom stereocenters. The van der Waals surface area contributed by atoms with Crippen LogP contribution in [0.3, 0.4) is 0 Å². The maximum absolute atomic E-state index is 11.9. The van der Waals surface area contributed by atoms with E-state index in [0.717, 1.165) is 15.7 Å². The number of aryl methyl sites for hydroxylation is 1. The fourth-order valence-corrected chi connectivity index (χ4v) is 2.14. The van der Waals surface area contributed by atoms with E-state index in [2.05, 4.69) is 32.9 Å². The molecule has 1 amide bonds. The number of hydrogen-bond donors (Lipinski definition) is 1. The van der Waals surface area contributed by atoms with Gasteiger partial charge in [-0.25, -0.2) is 4.98 Å². The number of pyridine rings is 1. The molecule has 1 aromatic heterocycles. The van der Waals surface area contributed by atoms with Crippen LogP contribution in [0.15, 0.2) is 12.1 Å². The highest BCUT2D eigenvalue weighted by Gasteiger charge is 2.30. The zero-order valence-electron chi connectivity index (χ0n) is 9.87. The molecule has 0 bridgehead atoms. The summed E-state index contributed by atoms with van der Waals surface area (Å²) in [4.78, 5) is 16.3. The summed E-state index contributed by atoms with van der Waals surface area (Å²) in [6.07, 6.45) is 0.605. The van der Waals surface area contributed by atoms with Gasteiger partial charge in [0.1, 0.15) is 11.9 Å². The zero-order chi connectivity index (χ0) is 12.4. The number of carbonyl (C=O) groups excluding carboxylic acids is 1. The molecule has 0 aromatic carbocycles. The van der Waals surface area contributed by atoms with E-state index in [1.54, 1.807) is 0 Å². The Hall–Kier alpha value is -0.690. The largest absolute Gasteiger partial charge is 0.368 e. The first-order valence-electron chi connectivity index (χ1n) is 5.63. The molecule has 2 rings (SSSR count). The van der Waals surface area contributed by atoms with Gasteiger partial charge in [-0.15, -0.1) is 0 Å². The van der Waals surface area contributed by atoms with Gasteiger partial charge >= 0.3 is 0 Å². The van der Waals surface area contributed by atoms with Crippen LogP contribution < -0.4 is 5.32 Å². The summed E-state index contributed by atoms with van der Waals surface area (Å²) in [5.74, 6) is 0.777. The zero-order valence-corrected chi connectivity index (χ0v) is 12.0. The number of carbonyl (C=O) groups is 1. The molecule has 1 aliphatic heterocycles. The molecule has 0 saturated carbocycles. The summed E-state index contributed by atoms with van der Waals surface area (Å²) < 4.78 is 6.50. The molecule has 17 heavy (non-hydrogen) atoms. The smallest absolute Gasteiger partial charge is 0.254 e. The van der Waals surface area contributed by atoms with Gasteiger partial charge in [-0.2, -0.15) is 0 Å². The Morgan fingerprint density at radius 2 is 2.35 bits per heavy atom. The second-order valence-electron chi connectivity index (χ2n) is 4.31. The van der Waals surface area contributed by atoms with Gasteiger partial charge in [0.25, 0.3) is 5.91 Å². The second kappa shape index (κ2) is 5.30. The summed E-state index contributed by atoms with van der Waals surface area (Å²) in [6.45, 7) is 4.62. The van der Waals surface area contributed by atoms with Crippen molar-refractivity contribution in [2.24, 2.45) is 5.92 Å². The van der Waals surface area contributed by atoms with Crippen molar-refractivity contribution in [2.75, 3.05) is 11.9 Å². The maximum atomic E-state index is 11.9. The predicted molar refractivity (Wildman–Crippen MR) is 73.8 cm³/mol. The highest BCUT2D eigenvalue weighted by atomic mass is 127. The first-order chi connectivity index (χ1) is 8.08. The number of aromatic nitrogens is 1. The van der Waals surface area contributed by atoms with E-state index in [-0.39, 0.29) is 17.9 Å². The molecule has 92 valence electrons. The molecule has 4 nitrogen and oxygen atoms in total. The standard InChI is InChI=1S/C12H15IN2O2/c1-7-5-6-17-11(7)12(16)15-10-4-3-9(13)8(2)14-10/h3-4,7,11H,5-6H2,1-2H3,(H,14,15,16)/t7-,11-/m1/s1. The van der Waals surface area contributed by atoms with E-state index in [0.29, 0.717) is 12.4 Å². The van der Waals surface area contributed by atoms with Crippen molar-refractivity contribution in [3.63, 3.8) is 0 Å². The molecular formula is C12H15IN2O2. The van der Waals surface area contributed by atoms with Crippen LogP contribution in [0.5, 0.6) is 0 Å². The van der Waals surface area contributed by atoms with Crippen molar-refractivity contribution in [3.05, 3.63) is 21.4 Å². The number of amides is 1. The average Bonchev–Trinajstić information content (AvgIpc) is 2.70. The number of ether oxygens (including phenoxy) is 1. The van der Waals surface area contributed by atoms with Crippen LogP contribution in [0, 0.1) is 16.4 Å². The Balaban J connectivity index is 2.05. The SMILES string of the molecule is Cc1nc(NC(=O)[C@@H]2OCC[C@H]2C)ccc1I. The van der Waals surface area contributed by atoms with Crippen LogP contribution in [0.1, 0.15) is 19.0 Å². The van der Waals surface area contributed by atoms with E-state index < -0.39 is 0 Å². The molecule has 1 saturated heterocycles. The summed E-state index contributed by atoms with van der Waals surface area (Å²) in [6, 6.07) is 3.75. The van der Waals surface area contributed by atoms with Crippen molar-refractivity contribution in [3.8, 4) is 0 Å². The van der Waals surface area contributed by atoms with Crippen LogP contribution in [0.2, 0.25) is 0 Å². The monoisotopic (exact) mass is 346 g/mol. The van der Waals surface area contributed by atoms with Gasteiger partial charge in [-0.3, -0.25) is 4.79 Å². The maximum Gasteiger partial charge on any atom is 0.254 e. The quantitative estimate of drug-likeness (QED) is 0.837. The lowest BCUT2D eigenvalue weighted by molar-refractivity contribution is -0.126. The number of rotatable bonds is 2. The summed E-state index contributed by atoms with van der Waals surface area (Å²) in [5.41, 5.74) is 0.920. The van der Waals surface area contributed by atoms with Crippen molar-refractivity contribution in [1.29, 1.82) is 0 Å². The van der Waals surface area contributed by atoms with E-state index >= 15 is 0 Å². The van der Waals surface area contributed by atoms with Gasteiger partial charge in [-0.1, -0.05) is 6.92 Å². The van der Waals surface area contributed by atoms with Crippen LogP contribution in [-0.4, -0.2) is 23.6 Å². The van der Waals surface area contributed by atoms with Gasteiger partial charge < -0.3 is 10.1 Å². The van der Waals surface area contributed by atoms with Crippen molar-refractivity contribution in [2.45, 2.75) is 26.4 Å². The Bertz CT molecular complexity index is 437. The average molecular weight is 346 g/mol. The minimum atomic E-state index is -0.337. The van der Waals surface area contributed by atoms with Crippen LogP contribution in [0.25, 0.3) is 0 Å². The lowest BCUT2D eigenvalue weighted by atomic mass is 10.0. The molecular weight excluding hydrogens is 331 g/mol. The van der Waals surface area contributed by atoms with Gasteiger partial charge in [-0.05, 0) is 54.0 Å². The van der Waals surface area contributed by atoms with Crippen molar-refractivity contribution < 1.29 is 9.53 Å². The minimum absolute atomic E-state index is 0.0943. The first-order valence-corrected chi connectivity index (χ1v) is 6.71. The van der Waals surface area contributed by atoms with Crippen LogP contribution in [0.4, 0.5) is 5.82 Å². The lowest BCUT2D eigenvalue weighted by Crippen LogP contribution is -2.31. The van der Waals surface area contributed by atoms with E-state index in [1.807, 2.05) is 26.0 Å². The number of nitrogens with one attached hydrogen (secondary N) is 1. The molecule has 0 spiro atoms. The summed E-state index contributed by atoms with van der Waals surface area (Å²) in [5, 5.41) is 2.80. The minimum Gasteiger partial charge on any atom is -0.368 e. The third-order valence-corrected chi connectivity index (χ3v) is 4.06. The first kappa shape index (κ1) is 12.8. The molecule has 2 heterocycles. The summed E-state index contributed by atoms with van der Waals surface area (Å²) >= 11 is 2.22. The molecule has 0 aliphatic carbocycles. The van der Waals surface area contributed by atoms with Gasteiger partial charge in [0.05, 0.1) is 5.69 Å². The van der Waals surface area contributed by atoms with E-state index in [1.165, 1.54) is 0 Å². The Kier molecular flexibility index (Phi) is 3.98. The molecule has 1 N–H and O–H groups in total. The fourth-order valence-electron chi connectivity index (χ4n) is 1.84. The molecule has 1 fully saturated rings. The van der Waals surface area contributed by atoms with Crippen molar-refractivity contribution in [1.82, 2.24) is 4.98 Å². The highest BCUT2D eigenvalue weighted by Crippen LogP contribution is 2.21.